The second-order valence-corrected chi connectivity index (χ2v) is 8.30. The lowest BCUT2D eigenvalue weighted by molar-refractivity contribution is -0.231. The van der Waals surface area contributed by atoms with Crippen LogP contribution < -0.4 is 5.32 Å². The highest BCUT2D eigenvalue weighted by atomic mass is 16.6. The maximum atomic E-state index is 11.7. The Balaban J connectivity index is 2.11. The van der Waals surface area contributed by atoms with Gasteiger partial charge in [-0.1, -0.05) is 0 Å². The maximum absolute atomic E-state index is 11.7. The zero-order chi connectivity index (χ0) is 24.7. The number of carboxylic acids is 1. The van der Waals surface area contributed by atoms with Crippen LogP contribution in [-0.2, 0) is 33.3 Å². The molecule has 0 saturated carbocycles. The number of carbonyl (C=O) groups is 2. The number of aliphatic hydroxyl groups excluding tert-OH is 4. The Bertz CT molecular complexity index is 636. The van der Waals surface area contributed by atoms with Crippen molar-refractivity contribution in [1.29, 1.82) is 0 Å². The molecule has 192 valence electrons. The van der Waals surface area contributed by atoms with Crippen LogP contribution in [0.2, 0.25) is 0 Å². The molecule has 1 amide bonds. The zero-order valence-corrected chi connectivity index (χ0v) is 18.9. The SMILES string of the molecule is COC[C@@H]1OC(C(=O)O)[C@H](COC[C@@H]2OC(CO)[C@H](O)[C@H](COC)C2NC(C)=O)[C@H](O)C1O. The van der Waals surface area contributed by atoms with E-state index in [0.717, 1.165) is 0 Å². The number of rotatable bonds is 11. The Morgan fingerprint density at radius 2 is 1.52 bits per heavy atom. The van der Waals surface area contributed by atoms with Crippen LogP contribution in [0.3, 0.4) is 0 Å². The second-order valence-electron chi connectivity index (χ2n) is 8.30. The van der Waals surface area contributed by atoms with E-state index in [1.807, 2.05) is 0 Å². The van der Waals surface area contributed by atoms with Crippen LogP contribution in [0.4, 0.5) is 0 Å². The monoisotopic (exact) mass is 481 g/mol. The van der Waals surface area contributed by atoms with Crippen molar-refractivity contribution >= 4 is 11.9 Å². The fourth-order valence-corrected chi connectivity index (χ4v) is 4.35. The minimum absolute atomic E-state index is 0.0752. The largest absolute Gasteiger partial charge is 0.479 e. The number of amides is 1. The summed E-state index contributed by atoms with van der Waals surface area (Å²) in [7, 11) is 2.79. The Kier molecular flexibility index (Phi) is 10.9. The topological polar surface area (TPSA) is 193 Å². The first-order chi connectivity index (χ1) is 15.7. The van der Waals surface area contributed by atoms with Gasteiger partial charge in [0.25, 0.3) is 0 Å². The van der Waals surface area contributed by atoms with Crippen LogP contribution in [0.25, 0.3) is 0 Å². The van der Waals surface area contributed by atoms with Crippen LogP contribution in [0.5, 0.6) is 0 Å². The Hall–Kier alpha value is -1.42. The molecule has 6 N–H and O–H groups in total. The van der Waals surface area contributed by atoms with Crippen molar-refractivity contribution in [3.8, 4) is 0 Å². The molecule has 0 spiro atoms. The van der Waals surface area contributed by atoms with Crippen molar-refractivity contribution in [3.63, 3.8) is 0 Å². The number of aliphatic hydroxyl groups is 4. The average Bonchev–Trinajstić information content (AvgIpc) is 2.76. The van der Waals surface area contributed by atoms with E-state index in [9.17, 15) is 35.1 Å². The van der Waals surface area contributed by atoms with Gasteiger partial charge >= 0.3 is 5.97 Å². The molecule has 2 rings (SSSR count). The number of carboxylic acid groups (broad SMARTS) is 1. The molecule has 2 heterocycles. The van der Waals surface area contributed by atoms with Crippen LogP contribution in [0, 0.1) is 11.8 Å². The fraction of sp³-hybridized carbons (Fsp3) is 0.900. The lowest BCUT2D eigenvalue weighted by Crippen LogP contribution is -2.63. The fourth-order valence-electron chi connectivity index (χ4n) is 4.35. The summed E-state index contributed by atoms with van der Waals surface area (Å²) in [6, 6.07) is -0.722. The van der Waals surface area contributed by atoms with Gasteiger partial charge in [-0.2, -0.15) is 0 Å². The van der Waals surface area contributed by atoms with Gasteiger partial charge in [0.05, 0.1) is 51.3 Å². The lowest BCUT2D eigenvalue weighted by atomic mass is 9.84. The highest BCUT2D eigenvalue weighted by Gasteiger charge is 2.49. The van der Waals surface area contributed by atoms with Crippen LogP contribution in [-0.4, -0.2) is 133 Å². The normalized spacial score (nSPS) is 39.2. The Morgan fingerprint density at radius 1 is 0.848 bits per heavy atom. The summed E-state index contributed by atoms with van der Waals surface area (Å²) in [6.45, 7) is 0.331. The van der Waals surface area contributed by atoms with E-state index in [4.69, 9.17) is 23.7 Å². The number of hydrogen-bond donors (Lipinski definition) is 6. The molecule has 0 bridgehead atoms. The molecule has 4 unspecified atom stereocenters. The summed E-state index contributed by atoms with van der Waals surface area (Å²) in [5.74, 6) is -3.41. The Labute approximate surface area is 191 Å². The van der Waals surface area contributed by atoms with Gasteiger partial charge in [-0.05, 0) is 0 Å². The lowest BCUT2D eigenvalue weighted by Gasteiger charge is -2.45. The molecule has 0 aliphatic carbocycles. The van der Waals surface area contributed by atoms with Gasteiger partial charge in [0.2, 0.25) is 5.91 Å². The van der Waals surface area contributed by atoms with Gasteiger partial charge in [-0.25, -0.2) is 4.79 Å². The average molecular weight is 481 g/mol. The molecule has 33 heavy (non-hydrogen) atoms. The highest BCUT2D eigenvalue weighted by molar-refractivity contribution is 5.73. The molecular weight excluding hydrogens is 446 g/mol. The molecule has 2 aliphatic rings. The number of hydrogen-bond acceptors (Lipinski definition) is 11. The molecule has 0 aromatic heterocycles. The molecule has 0 radical (unpaired) electrons. The Morgan fingerprint density at radius 3 is 2.06 bits per heavy atom. The number of nitrogens with one attached hydrogen (secondary N) is 1. The minimum Gasteiger partial charge on any atom is -0.479 e. The maximum Gasteiger partial charge on any atom is 0.333 e. The smallest absolute Gasteiger partial charge is 0.333 e. The van der Waals surface area contributed by atoms with E-state index in [1.165, 1.54) is 21.1 Å². The van der Waals surface area contributed by atoms with Crippen LogP contribution in [0.15, 0.2) is 0 Å². The van der Waals surface area contributed by atoms with E-state index in [2.05, 4.69) is 5.32 Å². The molecule has 0 aromatic rings. The zero-order valence-electron chi connectivity index (χ0n) is 18.9. The molecule has 10 atom stereocenters. The quantitative estimate of drug-likeness (QED) is 0.173. The number of ether oxygens (including phenoxy) is 5. The summed E-state index contributed by atoms with van der Waals surface area (Å²) < 4.78 is 26.8. The van der Waals surface area contributed by atoms with Crippen molar-refractivity contribution in [2.24, 2.45) is 11.8 Å². The molecule has 0 aromatic carbocycles. The second kappa shape index (κ2) is 12.9. The molecule has 13 nitrogen and oxygen atoms in total. The van der Waals surface area contributed by atoms with E-state index >= 15 is 0 Å². The summed E-state index contributed by atoms with van der Waals surface area (Å²) in [4.78, 5) is 23.4. The first-order valence-electron chi connectivity index (χ1n) is 10.7. The standard InChI is InChI=1S/C20H35NO12/c1-9(23)21-15-10(5-29-2)16(24)12(4-22)32-13(15)8-31-6-11-17(25)18(26)14(7-30-3)33-19(11)20(27)28/h10-19,22,24-26H,4-8H2,1-3H3,(H,21,23)(H,27,28)/t10-,11-,12?,13+,14+,15?,16-,17+,18?,19?/m1/s1. The first kappa shape index (κ1) is 27.8. The molecule has 13 heteroatoms. The van der Waals surface area contributed by atoms with E-state index < -0.39 is 73.2 Å². The predicted molar refractivity (Wildman–Crippen MR) is 109 cm³/mol. The van der Waals surface area contributed by atoms with Gasteiger partial charge in [-0.15, -0.1) is 0 Å². The third-order valence-corrected chi connectivity index (χ3v) is 5.99. The van der Waals surface area contributed by atoms with Gasteiger partial charge in [-0.3, -0.25) is 4.79 Å². The van der Waals surface area contributed by atoms with E-state index in [-0.39, 0.29) is 32.3 Å². The van der Waals surface area contributed by atoms with Gasteiger partial charge in [0, 0.05) is 33.0 Å². The summed E-state index contributed by atoms with van der Waals surface area (Å²) in [5, 5.41) is 53.1. The van der Waals surface area contributed by atoms with Crippen molar-refractivity contribution in [2.45, 2.75) is 55.7 Å². The number of carbonyl (C=O) groups excluding carboxylic acids is 1. The number of aliphatic carboxylic acids is 1. The molecule has 2 fully saturated rings. The summed E-state index contributed by atoms with van der Waals surface area (Å²) in [6.07, 6.45) is -8.17. The van der Waals surface area contributed by atoms with Crippen LogP contribution in [0.1, 0.15) is 6.92 Å². The predicted octanol–water partition coefficient (Wildman–Crippen LogP) is -3.27. The minimum atomic E-state index is -1.45. The summed E-state index contributed by atoms with van der Waals surface area (Å²) in [5.41, 5.74) is 0. The number of methoxy groups -OCH3 is 2. The van der Waals surface area contributed by atoms with Crippen molar-refractivity contribution in [1.82, 2.24) is 5.32 Å². The van der Waals surface area contributed by atoms with Crippen molar-refractivity contribution in [3.05, 3.63) is 0 Å². The van der Waals surface area contributed by atoms with Gasteiger partial charge < -0.3 is 54.5 Å². The molecular formula is C20H35NO12. The van der Waals surface area contributed by atoms with E-state index in [1.54, 1.807) is 0 Å². The third kappa shape index (κ3) is 6.81. The van der Waals surface area contributed by atoms with Crippen LogP contribution >= 0.6 is 0 Å². The first-order valence-corrected chi connectivity index (χ1v) is 10.7. The van der Waals surface area contributed by atoms with Crippen molar-refractivity contribution in [2.75, 3.05) is 47.3 Å². The summed E-state index contributed by atoms with van der Waals surface area (Å²) >= 11 is 0. The molecule has 2 aliphatic heterocycles. The highest BCUT2D eigenvalue weighted by Crippen LogP contribution is 2.29. The van der Waals surface area contributed by atoms with E-state index in [0.29, 0.717) is 0 Å². The van der Waals surface area contributed by atoms with Crippen molar-refractivity contribution < 1.29 is 58.8 Å². The van der Waals surface area contributed by atoms with Gasteiger partial charge in [0.1, 0.15) is 24.4 Å². The molecule has 2 saturated heterocycles. The van der Waals surface area contributed by atoms with Gasteiger partial charge in [0.15, 0.2) is 6.10 Å². The third-order valence-electron chi connectivity index (χ3n) is 5.99.